The molecule has 0 radical (unpaired) electrons. The van der Waals surface area contributed by atoms with E-state index in [1.54, 1.807) is 35.2 Å². The molecule has 7 nitrogen and oxygen atoms in total. The summed E-state index contributed by atoms with van der Waals surface area (Å²) in [5.41, 5.74) is 2.98. The van der Waals surface area contributed by atoms with E-state index in [-0.39, 0.29) is 43.6 Å². The van der Waals surface area contributed by atoms with Crippen LogP contribution in [0.3, 0.4) is 0 Å². The van der Waals surface area contributed by atoms with Gasteiger partial charge >= 0.3 is 6.09 Å². The largest absolute Gasteiger partial charge is 0.444 e. The summed E-state index contributed by atoms with van der Waals surface area (Å²) in [6, 6.07) is 14.3. The summed E-state index contributed by atoms with van der Waals surface area (Å²) in [7, 11) is 0. The molecule has 2 aliphatic heterocycles. The van der Waals surface area contributed by atoms with Crippen LogP contribution in [0, 0.1) is 11.3 Å². The Labute approximate surface area is 191 Å². The highest BCUT2D eigenvalue weighted by Crippen LogP contribution is 2.33. The van der Waals surface area contributed by atoms with Crippen molar-refractivity contribution >= 4 is 47.4 Å². The van der Waals surface area contributed by atoms with Gasteiger partial charge in [-0.25, -0.2) is 4.79 Å². The molecule has 0 aromatic heterocycles. The highest BCUT2D eigenvalue weighted by Gasteiger charge is 2.34. The molecule has 1 saturated heterocycles. The van der Waals surface area contributed by atoms with E-state index in [0.717, 1.165) is 24.1 Å². The Morgan fingerprint density at radius 2 is 1.90 bits per heavy atom. The predicted molar refractivity (Wildman–Crippen MR) is 121 cm³/mol. The SMILES string of the molecule is Cl.N#Cc1ccc(NC(=O)CN2CCC(N3C(=O)OCc4cc(Cl)ccc43)CC2)cc1. The van der Waals surface area contributed by atoms with E-state index in [4.69, 9.17) is 21.6 Å². The lowest BCUT2D eigenvalue weighted by atomic mass is 10.0. The number of nitrogens with zero attached hydrogens (tertiary/aromatic N) is 3. The molecule has 162 valence electrons. The van der Waals surface area contributed by atoms with Crippen LogP contribution in [0.2, 0.25) is 5.02 Å². The van der Waals surface area contributed by atoms with Crippen molar-refractivity contribution in [3.8, 4) is 6.07 Å². The Morgan fingerprint density at radius 1 is 1.19 bits per heavy atom. The van der Waals surface area contributed by atoms with E-state index in [1.165, 1.54) is 0 Å². The number of amides is 2. The number of carbonyl (C=O) groups excluding carboxylic acids is 2. The maximum Gasteiger partial charge on any atom is 0.414 e. The number of hydrogen-bond donors (Lipinski definition) is 1. The Balaban J connectivity index is 0.00000272. The molecule has 0 bridgehead atoms. The lowest BCUT2D eigenvalue weighted by molar-refractivity contribution is -0.117. The minimum atomic E-state index is -0.332. The second-order valence-corrected chi connectivity index (χ2v) is 7.88. The third kappa shape index (κ3) is 5.28. The molecule has 0 unspecified atom stereocenters. The van der Waals surface area contributed by atoms with Crippen LogP contribution in [0.1, 0.15) is 24.0 Å². The van der Waals surface area contributed by atoms with Crippen LogP contribution >= 0.6 is 24.0 Å². The minimum Gasteiger partial charge on any atom is -0.444 e. The van der Waals surface area contributed by atoms with Crippen LogP contribution < -0.4 is 10.2 Å². The van der Waals surface area contributed by atoms with Gasteiger partial charge in [-0.1, -0.05) is 11.6 Å². The Morgan fingerprint density at radius 3 is 2.58 bits per heavy atom. The molecule has 31 heavy (non-hydrogen) atoms. The number of benzene rings is 2. The van der Waals surface area contributed by atoms with Crippen LogP contribution in [0.15, 0.2) is 42.5 Å². The summed E-state index contributed by atoms with van der Waals surface area (Å²) in [6.07, 6.45) is 1.17. The molecule has 2 aliphatic rings. The van der Waals surface area contributed by atoms with Gasteiger partial charge in [-0.2, -0.15) is 5.26 Å². The van der Waals surface area contributed by atoms with Gasteiger partial charge in [0.1, 0.15) is 6.61 Å². The Kier molecular flexibility index (Phi) is 7.39. The molecule has 2 amide bonds. The molecule has 4 rings (SSSR count). The minimum absolute atomic E-state index is 0. The number of rotatable bonds is 4. The van der Waals surface area contributed by atoms with Gasteiger partial charge in [0.15, 0.2) is 0 Å². The number of nitriles is 1. The van der Waals surface area contributed by atoms with Gasteiger partial charge in [0, 0.05) is 35.4 Å². The molecule has 0 atom stereocenters. The maximum atomic E-state index is 12.4. The molecule has 0 spiro atoms. The second kappa shape index (κ2) is 10.0. The number of nitrogens with one attached hydrogen (secondary N) is 1. The number of carbonyl (C=O) groups is 2. The lowest BCUT2D eigenvalue weighted by Crippen LogP contribution is -2.50. The van der Waals surface area contributed by atoms with Crippen molar-refractivity contribution in [2.75, 3.05) is 29.9 Å². The first-order valence-electron chi connectivity index (χ1n) is 9.80. The first-order chi connectivity index (χ1) is 14.5. The Hall–Kier alpha value is -2.79. The van der Waals surface area contributed by atoms with Crippen molar-refractivity contribution < 1.29 is 14.3 Å². The first-order valence-corrected chi connectivity index (χ1v) is 10.2. The predicted octanol–water partition coefficient (Wildman–Crippen LogP) is 4.19. The molecule has 1 N–H and O–H groups in total. The van der Waals surface area contributed by atoms with E-state index in [0.29, 0.717) is 29.4 Å². The monoisotopic (exact) mass is 460 g/mol. The van der Waals surface area contributed by atoms with Crippen LogP contribution in [0.5, 0.6) is 0 Å². The van der Waals surface area contributed by atoms with E-state index in [9.17, 15) is 9.59 Å². The molecule has 0 aliphatic carbocycles. The molecule has 1 fully saturated rings. The van der Waals surface area contributed by atoms with Gasteiger partial charge in [-0.15, -0.1) is 12.4 Å². The van der Waals surface area contributed by atoms with Gasteiger partial charge in [0.2, 0.25) is 5.91 Å². The van der Waals surface area contributed by atoms with Crippen LogP contribution in [-0.2, 0) is 16.1 Å². The second-order valence-electron chi connectivity index (χ2n) is 7.44. The summed E-state index contributed by atoms with van der Waals surface area (Å²) >= 11 is 6.07. The molecule has 9 heteroatoms. The van der Waals surface area contributed by atoms with Crippen molar-refractivity contribution in [3.63, 3.8) is 0 Å². The number of piperidine rings is 1. The maximum absolute atomic E-state index is 12.4. The summed E-state index contributed by atoms with van der Waals surface area (Å²) in [5.74, 6) is -0.101. The number of anilines is 2. The van der Waals surface area contributed by atoms with E-state index in [2.05, 4.69) is 16.3 Å². The summed E-state index contributed by atoms with van der Waals surface area (Å²) in [6.45, 7) is 1.93. The summed E-state index contributed by atoms with van der Waals surface area (Å²) in [4.78, 5) is 28.6. The number of likely N-dealkylation sites (tertiary alicyclic amines) is 1. The van der Waals surface area contributed by atoms with Crippen LogP contribution in [-0.4, -0.2) is 42.6 Å². The van der Waals surface area contributed by atoms with Gasteiger partial charge in [0.25, 0.3) is 0 Å². The van der Waals surface area contributed by atoms with Crippen LogP contribution in [0.4, 0.5) is 16.2 Å². The average molecular weight is 461 g/mol. The number of ether oxygens (including phenoxy) is 1. The highest BCUT2D eigenvalue weighted by atomic mass is 35.5. The molecule has 2 aromatic carbocycles. The number of halogens is 2. The smallest absolute Gasteiger partial charge is 0.414 e. The van der Waals surface area contributed by atoms with Crippen molar-refractivity contribution in [2.24, 2.45) is 0 Å². The standard InChI is InChI=1S/C22H21ClN4O3.ClH/c23-17-3-6-20-16(11-17)14-30-22(29)27(20)19-7-9-26(10-8-19)13-21(28)25-18-4-1-15(12-24)2-5-18;/h1-6,11,19H,7-10,13-14H2,(H,25,28);1H. The van der Waals surface area contributed by atoms with Crippen LogP contribution in [0.25, 0.3) is 0 Å². The normalized spacial score (nSPS) is 16.5. The van der Waals surface area contributed by atoms with Gasteiger partial charge in [-0.05, 0) is 55.3 Å². The van der Waals surface area contributed by atoms with Crippen molar-refractivity contribution in [1.82, 2.24) is 4.90 Å². The van der Waals surface area contributed by atoms with Crippen molar-refractivity contribution in [2.45, 2.75) is 25.5 Å². The number of fused-ring (bicyclic) bond motifs is 1. The van der Waals surface area contributed by atoms with E-state index < -0.39 is 0 Å². The van der Waals surface area contributed by atoms with Crippen molar-refractivity contribution in [3.05, 3.63) is 58.6 Å². The Bertz CT molecular complexity index is 999. The third-order valence-electron chi connectivity index (χ3n) is 5.44. The molecular formula is C22H22Cl2N4O3. The van der Waals surface area contributed by atoms with E-state index in [1.807, 2.05) is 12.1 Å². The molecule has 2 aromatic rings. The topological polar surface area (TPSA) is 85.7 Å². The van der Waals surface area contributed by atoms with Crippen molar-refractivity contribution in [1.29, 1.82) is 5.26 Å². The van der Waals surface area contributed by atoms with Gasteiger partial charge < -0.3 is 10.1 Å². The zero-order valence-electron chi connectivity index (χ0n) is 16.7. The molecule has 2 heterocycles. The molecule has 0 saturated carbocycles. The van der Waals surface area contributed by atoms with Gasteiger partial charge in [0.05, 0.1) is 23.9 Å². The fourth-order valence-electron chi connectivity index (χ4n) is 3.93. The number of cyclic esters (lactones) is 1. The van der Waals surface area contributed by atoms with Gasteiger partial charge in [-0.3, -0.25) is 14.6 Å². The van der Waals surface area contributed by atoms with E-state index >= 15 is 0 Å². The fraction of sp³-hybridized carbons (Fsp3) is 0.318. The first kappa shape index (κ1) is 22.9. The summed E-state index contributed by atoms with van der Waals surface area (Å²) in [5, 5.41) is 12.3. The average Bonchev–Trinajstić information content (AvgIpc) is 2.75. The quantitative estimate of drug-likeness (QED) is 0.738. The summed E-state index contributed by atoms with van der Waals surface area (Å²) < 4.78 is 5.33. The molecular weight excluding hydrogens is 439 g/mol. The third-order valence-corrected chi connectivity index (χ3v) is 5.67. The lowest BCUT2D eigenvalue weighted by Gasteiger charge is -2.40. The zero-order valence-corrected chi connectivity index (χ0v) is 18.3. The highest BCUT2D eigenvalue weighted by molar-refractivity contribution is 6.30. The zero-order chi connectivity index (χ0) is 21.1. The number of hydrogen-bond acceptors (Lipinski definition) is 5. The fourth-order valence-corrected chi connectivity index (χ4v) is 4.12.